The number of thiophene rings is 1. The van der Waals surface area contributed by atoms with Crippen molar-refractivity contribution in [2.75, 3.05) is 35.4 Å². The molecule has 2 saturated heterocycles. The molecule has 2 bridgehead atoms. The minimum absolute atomic E-state index is 0.124. The molecule has 0 N–H and O–H groups in total. The van der Waals surface area contributed by atoms with Gasteiger partial charge in [0.2, 0.25) is 5.76 Å². The van der Waals surface area contributed by atoms with Gasteiger partial charge in [-0.25, -0.2) is 4.79 Å². The molecule has 0 radical (unpaired) electrons. The third-order valence-corrected chi connectivity index (χ3v) is 11.7. The molecule has 0 aliphatic carbocycles. The first-order chi connectivity index (χ1) is 22.4. The molecule has 2 aromatic heterocycles. The maximum absolute atomic E-state index is 13.4. The normalized spacial score (nSPS) is 17.2. The molecule has 3 aromatic carbocycles. The van der Waals surface area contributed by atoms with Gasteiger partial charge in [-0.1, -0.05) is 42.5 Å². The lowest BCUT2D eigenvalue weighted by molar-refractivity contribution is 0.0491. The Labute approximate surface area is 285 Å². The smallest absolute Gasteiger partial charge is 0.374 e. The number of benzene rings is 3. The van der Waals surface area contributed by atoms with E-state index < -0.39 is 5.97 Å². The average Bonchev–Trinajstić information content (AvgIpc) is 3.87. The Morgan fingerprint density at radius 2 is 1.85 bits per heavy atom. The van der Waals surface area contributed by atoms with Gasteiger partial charge in [-0.15, -0.1) is 11.3 Å². The van der Waals surface area contributed by atoms with Crippen molar-refractivity contribution in [3.05, 3.63) is 110 Å². The largest absolute Gasteiger partial charge is 0.460 e. The quantitative estimate of drug-likeness (QED) is 0.106. The number of anilines is 2. The third-order valence-electron chi connectivity index (χ3n) is 8.80. The zero-order valence-corrected chi connectivity index (χ0v) is 28.9. The second-order valence-corrected chi connectivity index (χ2v) is 14.5. The van der Waals surface area contributed by atoms with Crippen molar-refractivity contribution < 1.29 is 18.7 Å². The van der Waals surface area contributed by atoms with Crippen LogP contribution in [0.5, 0.6) is 0 Å². The van der Waals surface area contributed by atoms with E-state index in [0.717, 1.165) is 63.4 Å². The van der Waals surface area contributed by atoms with Crippen LogP contribution in [0, 0.1) is 6.92 Å². The zero-order valence-electron chi connectivity index (χ0n) is 25.6. The maximum Gasteiger partial charge on any atom is 0.374 e. The lowest BCUT2D eigenvalue weighted by Crippen LogP contribution is -2.49. The highest BCUT2D eigenvalue weighted by molar-refractivity contribution is 9.10. The van der Waals surface area contributed by atoms with Gasteiger partial charge in [0.15, 0.2) is 0 Å². The number of halogens is 1. The molecule has 2 unspecified atom stereocenters. The van der Waals surface area contributed by atoms with Crippen LogP contribution in [0.4, 0.5) is 11.4 Å². The summed E-state index contributed by atoms with van der Waals surface area (Å²) in [5.41, 5.74) is 5.06. The number of rotatable bonds is 10. The van der Waals surface area contributed by atoms with E-state index in [1.54, 1.807) is 18.9 Å². The van der Waals surface area contributed by atoms with E-state index in [1.807, 2.05) is 36.6 Å². The topological polar surface area (TPSA) is 66.2 Å². The van der Waals surface area contributed by atoms with Gasteiger partial charge in [0.25, 0.3) is 5.91 Å². The fourth-order valence-electron chi connectivity index (χ4n) is 6.57. The summed E-state index contributed by atoms with van der Waals surface area (Å²) in [5.74, 6) is -0.0567. The number of amides is 1. The van der Waals surface area contributed by atoms with Crippen LogP contribution in [0.25, 0.3) is 11.0 Å². The van der Waals surface area contributed by atoms with Crippen LogP contribution >= 0.6 is 39.2 Å². The molecule has 236 valence electrons. The van der Waals surface area contributed by atoms with Crippen molar-refractivity contribution in [2.45, 2.75) is 43.7 Å². The standard InChI is InChI=1S/C36H34BrN3O4S2/c1-3-43-36(42)33-23(2)28-20-27(13-14-32(28)44-33)46-40(17-15-24-9-5-4-6-10-24)31-12-8-7-11-30(31)38-21-26-19-25(38)22-39(26)35(41)34-29(37)16-18-45-34/h4-14,16,18,20,25-26H,3,15,17,19,21-22H2,1-2H3. The number of furan rings is 1. The number of hydrogen-bond acceptors (Lipinski definition) is 8. The zero-order chi connectivity index (χ0) is 31.8. The number of esters is 1. The van der Waals surface area contributed by atoms with E-state index in [1.165, 1.54) is 22.6 Å². The van der Waals surface area contributed by atoms with Crippen molar-refractivity contribution in [1.82, 2.24) is 4.90 Å². The first-order valence-electron chi connectivity index (χ1n) is 15.5. The highest BCUT2D eigenvalue weighted by atomic mass is 79.9. The fraction of sp³-hybridized carbons (Fsp3) is 0.278. The van der Waals surface area contributed by atoms with Crippen LogP contribution in [-0.2, 0) is 11.2 Å². The van der Waals surface area contributed by atoms with Gasteiger partial charge in [0, 0.05) is 46.0 Å². The number of carbonyl (C=O) groups excluding carboxylic acids is 2. The SMILES string of the molecule is CCOC(=O)c1oc2ccc(SN(CCc3ccccc3)c3ccccc3N3CC4CC3CN4C(=O)c3sccc3Br)cc2c1C. The molecule has 4 heterocycles. The number of ether oxygens (including phenoxy) is 1. The molecular weight excluding hydrogens is 682 g/mol. The van der Waals surface area contributed by atoms with Crippen LogP contribution in [0.15, 0.2) is 98.0 Å². The van der Waals surface area contributed by atoms with Gasteiger partial charge in [-0.2, -0.15) is 0 Å². The molecule has 1 amide bonds. The number of carbonyl (C=O) groups is 2. The second-order valence-electron chi connectivity index (χ2n) is 11.6. The highest BCUT2D eigenvalue weighted by Gasteiger charge is 2.46. The lowest BCUT2D eigenvalue weighted by Gasteiger charge is -2.38. The number of piperazine rings is 1. The van der Waals surface area contributed by atoms with Crippen LogP contribution in [0.3, 0.4) is 0 Å². The molecular formula is C36H34BrN3O4S2. The average molecular weight is 717 g/mol. The van der Waals surface area contributed by atoms with Crippen molar-refractivity contribution in [3.63, 3.8) is 0 Å². The van der Waals surface area contributed by atoms with Crippen molar-refractivity contribution in [1.29, 1.82) is 0 Å². The van der Waals surface area contributed by atoms with Gasteiger partial charge in [0.1, 0.15) is 10.5 Å². The van der Waals surface area contributed by atoms with Crippen LogP contribution in [0.2, 0.25) is 0 Å². The molecule has 0 spiro atoms. The van der Waals surface area contributed by atoms with E-state index in [9.17, 15) is 9.59 Å². The Balaban J connectivity index is 1.17. The Kier molecular flexibility index (Phi) is 8.85. The minimum atomic E-state index is -0.438. The van der Waals surface area contributed by atoms with Crippen molar-refractivity contribution >= 4 is 73.4 Å². The van der Waals surface area contributed by atoms with Gasteiger partial charge in [-0.3, -0.25) is 4.79 Å². The number of aryl methyl sites for hydroxylation is 1. The van der Waals surface area contributed by atoms with E-state index in [-0.39, 0.29) is 23.8 Å². The van der Waals surface area contributed by atoms with Crippen LogP contribution in [-0.4, -0.2) is 55.1 Å². The summed E-state index contributed by atoms with van der Waals surface area (Å²) in [4.78, 5) is 32.3. The van der Waals surface area contributed by atoms with Gasteiger partial charge >= 0.3 is 5.97 Å². The summed E-state index contributed by atoms with van der Waals surface area (Å²) in [6.45, 7) is 6.32. The minimum Gasteiger partial charge on any atom is -0.460 e. The highest BCUT2D eigenvalue weighted by Crippen LogP contribution is 2.43. The van der Waals surface area contributed by atoms with Gasteiger partial charge < -0.3 is 23.3 Å². The predicted octanol–water partition coefficient (Wildman–Crippen LogP) is 8.60. The Morgan fingerprint density at radius 3 is 2.59 bits per heavy atom. The molecule has 7 rings (SSSR count). The predicted molar refractivity (Wildman–Crippen MR) is 189 cm³/mol. The third kappa shape index (κ3) is 5.94. The molecule has 46 heavy (non-hydrogen) atoms. The summed E-state index contributed by atoms with van der Waals surface area (Å²) in [6.07, 6.45) is 1.85. The molecule has 0 saturated carbocycles. The fourth-order valence-corrected chi connectivity index (χ4v) is 9.06. The molecule has 2 aliphatic rings. The molecule has 2 atom stereocenters. The number of hydrogen-bond donors (Lipinski definition) is 0. The monoisotopic (exact) mass is 715 g/mol. The van der Waals surface area contributed by atoms with Crippen molar-refractivity contribution in [2.24, 2.45) is 0 Å². The van der Waals surface area contributed by atoms with Crippen LogP contribution in [0.1, 0.15) is 44.7 Å². The number of fused-ring (bicyclic) bond motifs is 3. The van der Waals surface area contributed by atoms with Crippen molar-refractivity contribution in [3.8, 4) is 0 Å². The molecule has 5 aromatic rings. The van der Waals surface area contributed by atoms with E-state index in [4.69, 9.17) is 9.15 Å². The number of nitrogens with zero attached hydrogens (tertiary/aromatic N) is 3. The summed E-state index contributed by atoms with van der Waals surface area (Å²) >= 11 is 6.74. The summed E-state index contributed by atoms with van der Waals surface area (Å²) < 4.78 is 14.4. The summed E-state index contributed by atoms with van der Waals surface area (Å²) in [7, 11) is 0. The van der Waals surface area contributed by atoms with E-state index in [0.29, 0.717) is 12.2 Å². The Morgan fingerprint density at radius 1 is 1.04 bits per heavy atom. The van der Waals surface area contributed by atoms with Gasteiger partial charge in [0.05, 0.1) is 24.0 Å². The molecule has 7 nitrogen and oxygen atoms in total. The Hall–Kier alpha value is -3.73. The van der Waals surface area contributed by atoms with E-state index >= 15 is 0 Å². The molecule has 2 fully saturated rings. The van der Waals surface area contributed by atoms with Crippen LogP contribution < -0.4 is 9.21 Å². The first kappa shape index (κ1) is 30.9. The first-order valence-corrected chi connectivity index (χ1v) is 17.9. The van der Waals surface area contributed by atoms with Gasteiger partial charge in [-0.05, 0) is 102 Å². The number of likely N-dealkylation sites (tertiary alicyclic amines) is 1. The number of para-hydroxylation sites is 2. The lowest BCUT2D eigenvalue weighted by atomic mass is 10.1. The maximum atomic E-state index is 13.4. The molecule has 2 aliphatic heterocycles. The Bertz CT molecular complexity index is 1890. The second kappa shape index (κ2) is 13.2. The van der Waals surface area contributed by atoms with E-state index in [2.05, 4.69) is 84.6 Å². The molecule has 10 heteroatoms. The summed E-state index contributed by atoms with van der Waals surface area (Å²) in [6, 6.07) is 27.7. The summed E-state index contributed by atoms with van der Waals surface area (Å²) in [5, 5.41) is 2.87.